The molecule has 0 aliphatic carbocycles. The van der Waals surface area contributed by atoms with Gasteiger partial charge in [-0.1, -0.05) is 54.6 Å². The maximum absolute atomic E-state index is 12.2. The van der Waals surface area contributed by atoms with Crippen molar-refractivity contribution in [1.82, 2.24) is 20.1 Å². The number of piperazine rings is 1. The van der Waals surface area contributed by atoms with Gasteiger partial charge in [-0.05, 0) is 18.2 Å². The van der Waals surface area contributed by atoms with Crippen LogP contribution in [0.15, 0.2) is 60.0 Å². The van der Waals surface area contributed by atoms with E-state index < -0.39 is 0 Å². The van der Waals surface area contributed by atoms with E-state index in [1.807, 2.05) is 35.7 Å². The number of hydrogen-bond acceptors (Lipinski definition) is 5. The Kier molecular flexibility index (Phi) is 6.89. The maximum atomic E-state index is 12.2. The Morgan fingerprint density at radius 2 is 1.73 bits per heavy atom. The second kappa shape index (κ2) is 9.98. The van der Waals surface area contributed by atoms with Gasteiger partial charge in [0.2, 0.25) is 5.91 Å². The van der Waals surface area contributed by atoms with Gasteiger partial charge < -0.3 is 10.2 Å². The predicted octanol–water partition coefficient (Wildman–Crippen LogP) is 3.42. The molecule has 0 bridgehead atoms. The number of thiazole rings is 1. The zero-order chi connectivity index (χ0) is 20.8. The third kappa shape index (κ3) is 5.75. The van der Waals surface area contributed by atoms with Gasteiger partial charge in [-0.3, -0.25) is 9.69 Å². The van der Waals surface area contributed by atoms with E-state index in [9.17, 15) is 4.79 Å². The third-order valence-electron chi connectivity index (χ3n) is 5.43. The molecule has 5 nitrogen and oxygen atoms in total. The van der Waals surface area contributed by atoms with Crippen molar-refractivity contribution in [1.29, 1.82) is 0 Å². The van der Waals surface area contributed by atoms with Crippen LogP contribution in [0.4, 0.5) is 0 Å². The molecule has 1 aliphatic heterocycles. The molecule has 0 unspecified atom stereocenters. The van der Waals surface area contributed by atoms with Crippen molar-refractivity contribution in [2.75, 3.05) is 33.2 Å². The molecular formula is C24H28N4OS. The molecule has 2 heterocycles. The number of rotatable bonds is 7. The quantitative estimate of drug-likeness (QED) is 0.636. The summed E-state index contributed by atoms with van der Waals surface area (Å²) in [5.41, 5.74) is 4.36. The van der Waals surface area contributed by atoms with E-state index in [1.54, 1.807) is 11.3 Å². The molecule has 6 heteroatoms. The summed E-state index contributed by atoms with van der Waals surface area (Å²) in [6, 6.07) is 18.6. The first-order valence-corrected chi connectivity index (χ1v) is 11.3. The van der Waals surface area contributed by atoms with Crippen molar-refractivity contribution in [2.45, 2.75) is 19.5 Å². The Balaban J connectivity index is 1.29. The van der Waals surface area contributed by atoms with Crippen molar-refractivity contribution in [3.8, 4) is 10.6 Å². The molecule has 0 saturated carbocycles. The second-order valence-corrected chi connectivity index (χ2v) is 8.72. The molecule has 0 spiro atoms. The first-order chi connectivity index (χ1) is 14.7. The Labute approximate surface area is 182 Å². The van der Waals surface area contributed by atoms with Crippen LogP contribution >= 0.6 is 11.3 Å². The minimum absolute atomic E-state index is 0.00164. The summed E-state index contributed by atoms with van der Waals surface area (Å²) in [6.45, 7) is 6.07. The first kappa shape index (κ1) is 20.7. The Morgan fingerprint density at radius 1 is 1.00 bits per heavy atom. The summed E-state index contributed by atoms with van der Waals surface area (Å²) in [6.07, 6.45) is 0.310. The number of carbonyl (C=O) groups excluding carboxylic acids is 1. The number of amides is 1. The number of hydrogen-bond donors (Lipinski definition) is 1. The van der Waals surface area contributed by atoms with Crippen LogP contribution < -0.4 is 5.32 Å². The molecule has 1 aliphatic rings. The lowest BCUT2D eigenvalue weighted by molar-refractivity contribution is -0.120. The van der Waals surface area contributed by atoms with Gasteiger partial charge in [0.1, 0.15) is 5.01 Å². The first-order valence-electron chi connectivity index (χ1n) is 10.4. The third-order valence-corrected chi connectivity index (χ3v) is 6.37. The van der Waals surface area contributed by atoms with Crippen molar-refractivity contribution < 1.29 is 4.79 Å². The van der Waals surface area contributed by atoms with E-state index in [0.29, 0.717) is 13.0 Å². The van der Waals surface area contributed by atoms with Crippen molar-refractivity contribution in [2.24, 2.45) is 0 Å². The summed E-state index contributed by atoms with van der Waals surface area (Å²) in [7, 11) is 2.18. The van der Waals surface area contributed by atoms with Crippen LogP contribution in [-0.2, 0) is 24.3 Å². The molecular weight excluding hydrogens is 392 g/mol. The van der Waals surface area contributed by atoms with Gasteiger partial charge in [0.05, 0.1) is 12.1 Å². The monoisotopic (exact) mass is 420 g/mol. The standard InChI is InChI=1S/C24H28N4OS/c1-27-11-13-28(14-12-27)17-20-7-9-21(10-8-20)24-26-22(18-30-24)15-23(29)25-16-19-5-3-2-4-6-19/h2-10,18H,11-17H2,1H3,(H,25,29). The van der Waals surface area contributed by atoms with Gasteiger partial charge in [0.15, 0.2) is 0 Å². The molecule has 4 rings (SSSR count). The highest BCUT2D eigenvalue weighted by atomic mass is 32.1. The zero-order valence-electron chi connectivity index (χ0n) is 17.4. The summed E-state index contributed by atoms with van der Waals surface area (Å²) in [5, 5.41) is 5.91. The van der Waals surface area contributed by atoms with Crippen LogP contribution in [0.2, 0.25) is 0 Å². The molecule has 0 atom stereocenters. The normalized spacial score (nSPS) is 15.2. The van der Waals surface area contributed by atoms with Crippen molar-refractivity contribution >= 4 is 17.2 Å². The van der Waals surface area contributed by atoms with Gasteiger partial charge in [0, 0.05) is 50.2 Å². The van der Waals surface area contributed by atoms with Gasteiger partial charge in [0.25, 0.3) is 0 Å². The Morgan fingerprint density at radius 3 is 2.47 bits per heavy atom. The SMILES string of the molecule is CN1CCN(Cc2ccc(-c3nc(CC(=O)NCc4ccccc4)cs3)cc2)CC1. The smallest absolute Gasteiger partial charge is 0.226 e. The molecule has 1 fully saturated rings. The largest absolute Gasteiger partial charge is 0.352 e. The lowest BCUT2D eigenvalue weighted by atomic mass is 10.1. The Hall–Kier alpha value is -2.54. The molecule has 1 saturated heterocycles. The molecule has 30 heavy (non-hydrogen) atoms. The minimum atomic E-state index is -0.00164. The molecule has 156 valence electrons. The van der Waals surface area contributed by atoms with Crippen LogP contribution in [-0.4, -0.2) is 53.9 Å². The van der Waals surface area contributed by atoms with E-state index >= 15 is 0 Å². The highest BCUT2D eigenvalue weighted by molar-refractivity contribution is 7.13. The molecule has 1 N–H and O–H groups in total. The number of likely N-dealkylation sites (N-methyl/N-ethyl adjacent to an activating group) is 1. The highest BCUT2D eigenvalue weighted by Crippen LogP contribution is 2.24. The molecule has 1 aromatic heterocycles. The van der Waals surface area contributed by atoms with Crippen molar-refractivity contribution in [3.05, 3.63) is 76.8 Å². The molecule has 0 radical (unpaired) electrons. The second-order valence-electron chi connectivity index (χ2n) is 7.86. The van der Waals surface area contributed by atoms with Crippen LogP contribution in [0.3, 0.4) is 0 Å². The summed E-state index contributed by atoms with van der Waals surface area (Å²) >= 11 is 1.59. The van der Waals surface area contributed by atoms with Gasteiger partial charge in [-0.25, -0.2) is 4.98 Å². The Bertz CT molecular complexity index is 947. The van der Waals surface area contributed by atoms with Crippen molar-refractivity contribution in [3.63, 3.8) is 0 Å². The van der Waals surface area contributed by atoms with E-state index in [-0.39, 0.29) is 5.91 Å². The van der Waals surface area contributed by atoms with Gasteiger partial charge in [-0.2, -0.15) is 0 Å². The maximum Gasteiger partial charge on any atom is 0.226 e. The summed E-state index contributed by atoms with van der Waals surface area (Å²) in [4.78, 5) is 21.8. The topological polar surface area (TPSA) is 48.5 Å². The zero-order valence-corrected chi connectivity index (χ0v) is 18.2. The van der Waals surface area contributed by atoms with Crippen LogP contribution in [0, 0.1) is 0 Å². The minimum Gasteiger partial charge on any atom is -0.352 e. The fraction of sp³-hybridized carbons (Fsp3) is 0.333. The molecule has 2 aromatic carbocycles. The fourth-order valence-corrected chi connectivity index (χ4v) is 4.39. The van der Waals surface area contributed by atoms with E-state index in [4.69, 9.17) is 0 Å². The summed E-state index contributed by atoms with van der Waals surface area (Å²) in [5.74, 6) is -0.00164. The summed E-state index contributed by atoms with van der Waals surface area (Å²) < 4.78 is 0. The van der Waals surface area contributed by atoms with Crippen LogP contribution in [0.25, 0.3) is 10.6 Å². The number of nitrogens with zero attached hydrogens (tertiary/aromatic N) is 3. The average molecular weight is 421 g/mol. The number of aromatic nitrogens is 1. The fourth-order valence-electron chi connectivity index (χ4n) is 3.56. The average Bonchev–Trinajstić information content (AvgIpc) is 3.23. The number of carbonyl (C=O) groups is 1. The van der Waals surface area contributed by atoms with E-state index in [2.05, 4.69) is 51.4 Å². The lowest BCUT2D eigenvalue weighted by Gasteiger charge is -2.32. The molecule has 1 amide bonds. The highest BCUT2D eigenvalue weighted by Gasteiger charge is 2.14. The predicted molar refractivity (Wildman–Crippen MR) is 122 cm³/mol. The van der Waals surface area contributed by atoms with E-state index in [1.165, 1.54) is 5.56 Å². The van der Waals surface area contributed by atoms with Gasteiger partial charge >= 0.3 is 0 Å². The van der Waals surface area contributed by atoms with Crippen LogP contribution in [0.5, 0.6) is 0 Å². The number of benzene rings is 2. The lowest BCUT2D eigenvalue weighted by Crippen LogP contribution is -2.43. The van der Waals surface area contributed by atoms with Crippen LogP contribution in [0.1, 0.15) is 16.8 Å². The van der Waals surface area contributed by atoms with Gasteiger partial charge in [-0.15, -0.1) is 11.3 Å². The number of nitrogens with one attached hydrogen (secondary N) is 1. The van der Waals surface area contributed by atoms with E-state index in [0.717, 1.165) is 54.6 Å². The molecule has 3 aromatic rings.